The van der Waals surface area contributed by atoms with E-state index >= 15 is 0 Å². The second-order valence-electron chi connectivity index (χ2n) is 6.68. The number of aliphatic imine (C=N–C) groups is 1. The van der Waals surface area contributed by atoms with E-state index < -0.39 is 40.0 Å². The highest BCUT2D eigenvalue weighted by Gasteiger charge is 2.37. The summed E-state index contributed by atoms with van der Waals surface area (Å²) < 4.78 is 71.2. The molecule has 29 heavy (non-hydrogen) atoms. The van der Waals surface area contributed by atoms with Crippen LogP contribution in [0.3, 0.4) is 0 Å². The zero-order valence-electron chi connectivity index (χ0n) is 15.2. The van der Waals surface area contributed by atoms with Gasteiger partial charge in [0.15, 0.2) is 0 Å². The van der Waals surface area contributed by atoms with Gasteiger partial charge in [-0.2, -0.15) is 13.2 Å². The predicted octanol–water partition coefficient (Wildman–Crippen LogP) is 6.04. The number of hydrogen-bond donors (Lipinski definition) is 0. The molecular formula is C20H13ClF5N3. The van der Waals surface area contributed by atoms with Gasteiger partial charge >= 0.3 is 6.18 Å². The molecule has 0 N–H and O–H groups in total. The molecule has 9 heteroatoms. The Hall–Kier alpha value is -2.74. The van der Waals surface area contributed by atoms with Crippen molar-refractivity contribution >= 4 is 17.3 Å². The molecule has 0 spiro atoms. The largest absolute Gasteiger partial charge is 0.417 e. The van der Waals surface area contributed by atoms with Crippen molar-refractivity contribution < 1.29 is 22.0 Å². The average Bonchev–Trinajstić information content (AvgIpc) is 2.96. The summed E-state index contributed by atoms with van der Waals surface area (Å²) in [5.74, 6) is -1.48. The second-order valence-corrected chi connectivity index (χ2v) is 7.06. The number of alkyl halides is 3. The molecule has 1 aromatic heterocycles. The number of rotatable bonds is 1. The Morgan fingerprint density at radius 3 is 2.31 bits per heavy atom. The van der Waals surface area contributed by atoms with E-state index in [1.165, 1.54) is 6.07 Å². The molecule has 0 amide bonds. The fourth-order valence-corrected chi connectivity index (χ4v) is 3.80. The standard InChI is InChI=1S/C20H13ClF5N3/c1-9-8-29-14-7-6-11(20(24,25)26)17(21)16(14)18(28-10(2)19(29)27-9)15-12(22)4-3-5-13(15)23/h3-8,10H,1-2H3/t10-/m0/s1. The Morgan fingerprint density at radius 1 is 1.03 bits per heavy atom. The minimum absolute atomic E-state index is 0.200. The van der Waals surface area contributed by atoms with Crippen LogP contribution in [-0.4, -0.2) is 15.3 Å². The molecule has 0 unspecified atom stereocenters. The van der Waals surface area contributed by atoms with Crippen LogP contribution in [-0.2, 0) is 6.18 Å². The lowest BCUT2D eigenvalue weighted by atomic mass is 9.97. The van der Waals surface area contributed by atoms with Gasteiger partial charge in [-0.3, -0.25) is 4.99 Å². The fourth-order valence-electron chi connectivity index (χ4n) is 3.44. The molecule has 3 nitrogen and oxygen atoms in total. The number of hydrogen-bond acceptors (Lipinski definition) is 2. The molecule has 1 atom stereocenters. The Bertz CT molecular complexity index is 1140. The van der Waals surface area contributed by atoms with Crippen molar-refractivity contribution in [2.24, 2.45) is 4.99 Å². The molecule has 0 radical (unpaired) electrons. The van der Waals surface area contributed by atoms with Crippen molar-refractivity contribution in [3.63, 3.8) is 0 Å². The predicted molar refractivity (Wildman–Crippen MR) is 98.7 cm³/mol. The van der Waals surface area contributed by atoms with Crippen molar-refractivity contribution in [3.8, 4) is 5.69 Å². The molecule has 150 valence electrons. The number of fused-ring (bicyclic) bond motifs is 3. The zero-order valence-corrected chi connectivity index (χ0v) is 15.9. The van der Waals surface area contributed by atoms with E-state index in [0.29, 0.717) is 11.5 Å². The number of aromatic nitrogens is 2. The SMILES string of the molecule is Cc1cn2c(n1)[C@H](C)N=C(c1c(F)cccc1F)c1c-2ccc(C(F)(F)F)c1Cl. The maximum atomic E-state index is 14.6. The van der Waals surface area contributed by atoms with Gasteiger partial charge in [0.25, 0.3) is 0 Å². The maximum absolute atomic E-state index is 14.6. The monoisotopic (exact) mass is 425 g/mol. The minimum Gasteiger partial charge on any atom is -0.301 e. The van der Waals surface area contributed by atoms with Crippen molar-refractivity contribution in [2.75, 3.05) is 0 Å². The van der Waals surface area contributed by atoms with Gasteiger partial charge in [0.05, 0.1) is 33.2 Å². The number of aryl methyl sites for hydroxylation is 1. The lowest BCUT2D eigenvalue weighted by Gasteiger charge is -2.18. The molecular weight excluding hydrogens is 413 g/mol. The normalized spacial score (nSPS) is 16.1. The Labute approximate surface area is 167 Å². The molecule has 2 aromatic carbocycles. The van der Waals surface area contributed by atoms with Gasteiger partial charge in [-0.05, 0) is 38.1 Å². The highest BCUT2D eigenvalue weighted by atomic mass is 35.5. The topological polar surface area (TPSA) is 30.2 Å². The quantitative estimate of drug-likeness (QED) is 0.437. The third-order valence-electron chi connectivity index (χ3n) is 4.67. The molecule has 0 saturated carbocycles. The number of halogens is 6. The lowest BCUT2D eigenvalue weighted by Crippen LogP contribution is -2.15. The summed E-state index contributed by atoms with van der Waals surface area (Å²) >= 11 is 6.17. The van der Waals surface area contributed by atoms with Crippen LogP contribution < -0.4 is 0 Å². The van der Waals surface area contributed by atoms with Gasteiger partial charge in [0.1, 0.15) is 23.5 Å². The van der Waals surface area contributed by atoms with Crippen molar-refractivity contribution in [1.29, 1.82) is 0 Å². The minimum atomic E-state index is -4.75. The van der Waals surface area contributed by atoms with Gasteiger partial charge < -0.3 is 4.57 Å². The summed E-state index contributed by atoms with van der Waals surface area (Å²) in [6, 6.07) is 4.56. The molecule has 0 saturated heterocycles. The van der Waals surface area contributed by atoms with E-state index in [1.807, 2.05) is 0 Å². The number of benzene rings is 2. The van der Waals surface area contributed by atoms with Gasteiger partial charge in [0.2, 0.25) is 0 Å². The van der Waals surface area contributed by atoms with E-state index in [-0.39, 0.29) is 17.0 Å². The van der Waals surface area contributed by atoms with Crippen molar-refractivity contribution in [2.45, 2.75) is 26.1 Å². The summed E-state index contributed by atoms with van der Waals surface area (Å²) in [7, 11) is 0. The molecule has 0 bridgehead atoms. The first kappa shape index (κ1) is 19.6. The van der Waals surface area contributed by atoms with Crippen LogP contribution in [0.25, 0.3) is 5.69 Å². The first-order valence-corrected chi connectivity index (χ1v) is 8.96. The van der Waals surface area contributed by atoms with Crippen LogP contribution in [0.1, 0.15) is 41.2 Å². The summed E-state index contributed by atoms with van der Waals surface area (Å²) in [6.45, 7) is 3.36. The highest BCUT2D eigenvalue weighted by Crippen LogP contribution is 2.42. The third kappa shape index (κ3) is 3.11. The van der Waals surface area contributed by atoms with Crippen LogP contribution in [0.2, 0.25) is 5.02 Å². The van der Waals surface area contributed by atoms with Crippen LogP contribution in [0.5, 0.6) is 0 Å². The number of imidazole rings is 1. The van der Waals surface area contributed by atoms with Crippen LogP contribution >= 0.6 is 11.6 Å². The molecule has 2 heterocycles. The Balaban J connectivity index is 2.14. The first-order valence-electron chi connectivity index (χ1n) is 8.58. The summed E-state index contributed by atoms with van der Waals surface area (Å²) in [5.41, 5.74) is -1.32. The molecule has 1 aliphatic heterocycles. The molecule has 0 aliphatic carbocycles. The Morgan fingerprint density at radius 2 is 1.69 bits per heavy atom. The van der Waals surface area contributed by atoms with E-state index in [0.717, 1.165) is 24.3 Å². The van der Waals surface area contributed by atoms with E-state index in [1.54, 1.807) is 24.6 Å². The molecule has 1 aliphatic rings. The Kier molecular flexibility index (Phi) is 4.49. The van der Waals surface area contributed by atoms with Crippen LogP contribution in [0.15, 0.2) is 41.5 Å². The number of nitrogens with zero attached hydrogens (tertiary/aromatic N) is 3. The highest BCUT2D eigenvalue weighted by molar-refractivity contribution is 6.37. The van der Waals surface area contributed by atoms with Crippen molar-refractivity contribution in [1.82, 2.24) is 9.55 Å². The van der Waals surface area contributed by atoms with Gasteiger partial charge in [-0.15, -0.1) is 0 Å². The second kappa shape index (κ2) is 6.66. The summed E-state index contributed by atoms with van der Waals surface area (Å²) in [6.07, 6.45) is -3.14. The van der Waals surface area contributed by atoms with Gasteiger partial charge in [-0.1, -0.05) is 17.7 Å². The van der Waals surface area contributed by atoms with E-state index in [2.05, 4.69) is 9.98 Å². The van der Waals surface area contributed by atoms with Crippen LogP contribution in [0, 0.1) is 18.6 Å². The molecule has 0 fully saturated rings. The van der Waals surface area contributed by atoms with Gasteiger partial charge in [-0.25, -0.2) is 13.8 Å². The van der Waals surface area contributed by atoms with Gasteiger partial charge in [0, 0.05) is 11.8 Å². The lowest BCUT2D eigenvalue weighted by molar-refractivity contribution is -0.137. The zero-order chi connectivity index (χ0) is 21.1. The summed E-state index contributed by atoms with van der Waals surface area (Å²) in [5, 5.41) is -0.678. The fraction of sp³-hybridized carbons (Fsp3) is 0.200. The maximum Gasteiger partial charge on any atom is 0.417 e. The molecule has 4 rings (SSSR count). The first-order chi connectivity index (χ1) is 13.6. The summed E-state index contributed by atoms with van der Waals surface area (Å²) in [4.78, 5) is 8.72. The third-order valence-corrected chi connectivity index (χ3v) is 5.06. The van der Waals surface area contributed by atoms with Crippen LogP contribution in [0.4, 0.5) is 22.0 Å². The molecule has 3 aromatic rings. The van der Waals surface area contributed by atoms with E-state index in [4.69, 9.17) is 11.6 Å². The average molecular weight is 426 g/mol. The van der Waals surface area contributed by atoms with Crippen molar-refractivity contribution in [3.05, 3.63) is 81.4 Å². The van der Waals surface area contributed by atoms with E-state index in [9.17, 15) is 22.0 Å². The smallest absolute Gasteiger partial charge is 0.301 e.